The van der Waals surface area contributed by atoms with Crippen molar-refractivity contribution in [3.63, 3.8) is 0 Å². The van der Waals surface area contributed by atoms with Crippen molar-refractivity contribution in [3.8, 4) is 0 Å². The van der Waals surface area contributed by atoms with Gasteiger partial charge in [-0.15, -0.1) is 0 Å². The SMILES string of the molecule is Cn1c(=O)cc(N2CCN(C(=O)Cn3ccc4ccccc43)CC2)[nH]c1=O. The van der Waals surface area contributed by atoms with Gasteiger partial charge in [0, 0.05) is 51.0 Å². The second-order valence-electron chi connectivity index (χ2n) is 6.73. The van der Waals surface area contributed by atoms with Crippen molar-refractivity contribution in [1.82, 2.24) is 19.0 Å². The Morgan fingerprint density at radius 2 is 1.81 bits per heavy atom. The van der Waals surface area contributed by atoms with E-state index in [1.807, 2.05) is 50.9 Å². The molecule has 1 saturated heterocycles. The Bertz CT molecular complexity index is 1070. The topological polar surface area (TPSA) is 83.3 Å². The van der Waals surface area contributed by atoms with Gasteiger partial charge in [0.05, 0.1) is 0 Å². The van der Waals surface area contributed by atoms with Gasteiger partial charge in [0.1, 0.15) is 12.4 Å². The second-order valence-corrected chi connectivity index (χ2v) is 6.73. The summed E-state index contributed by atoms with van der Waals surface area (Å²) < 4.78 is 2.99. The van der Waals surface area contributed by atoms with E-state index in [-0.39, 0.29) is 11.5 Å². The molecular formula is C19H21N5O3. The van der Waals surface area contributed by atoms with E-state index in [1.165, 1.54) is 13.1 Å². The summed E-state index contributed by atoms with van der Waals surface area (Å²) in [6, 6.07) is 11.4. The zero-order valence-electron chi connectivity index (χ0n) is 15.1. The van der Waals surface area contributed by atoms with Crippen molar-refractivity contribution in [2.24, 2.45) is 7.05 Å². The van der Waals surface area contributed by atoms with Crippen LogP contribution in [0.3, 0.4) is 0 Å². The van der Waals surface area contributed by atoms with E-state index in [9.17, 15) is 14.4 Å². The molecule has 0 atom stereocenters. The van der Waals surface area contributed by atoms with E-state index in [2.05, 4.69) is 4.98 Å². The van der Waals surface area contributed by atoms with Crippen LogP contribution in [-0.2, 0) is 18.4 Å². The number of anilines is 1. The van der Waals surface area contributed by atoms with E-state index in [1.54, 1.807) is 0 Å². The lowest BCUT2D eigenvalue weighted by molar-refractivity contribution is -0.132. The molecule has 0 bridgehead atoms. The minimum Gasteiger partial charge on any atom is -0.354 e. The molecule has 4 rings (SSSR count). The molecule has 8 nitrogen and oxygen atoms in total. The molecule has 1 amide bonds. The van der Waals surface area contributed by atoms with E-state index in [0.29, 0.717) is 38.5 Å². The largest absolute Gasteiger partial charge is 0.354 e. The second kappa shape index (κ2) is 6.79. The maximum Gasteiger partial charge on any atom is 0.329 e. The molecule has 1 aromatic carbocycles. The number of amides is 1. The molecule has 3 heterocycles. The van der Waals surface area contributed by atoms with Crippen LogP contribution in [0.15, 0.2) is 52.2 Å². The van der Waals surface area contributed by atoms with E-state index in [4.69, 9.17) is 0 Å². The fraction of sp³-hybridized carbons (Fsp3) is 0.316. The lowest BCUT2D eigenvalue weighted by atomic mass is 10.2. The van der Waals surface area contributed by atoms with Gasteiger partial charge in [0.25, 0.3) is 5.56 Å². The quantitative estimate of drug-likeness (QED) is 0.725. The molecule has 0 unspecified atom stereocenters. The highest BCUT2D eigenvalue weighted by Crippen LogP contribution is 2.16. The fourth-order valence-corrected chi connectivity index (χ4v) is 3.43. The van der Waals surface area contributed by atoms with Crippen molar-refractivity contribution < 1.29 is 4.79 Å². The normalized spacial score (nSPS) is 14.7. The van der Waals surface area contributed by atoms with Crippen LogP contribution in [-0.4, -0.2) is 51.1 Å². The molecule has 140 valence electrons. The van der Waals surface area contributed by atoms with Gasteiger partial charge in [-0.1, -0.05) is 18.2 Å². The third-order valence-corrected chi connectivity index (χ3v) is 5.09. The van der Waals surface area contributed by atoms with Crippen molar-refractivity contribution in [2.45, 2.75) is 6.54 Å². The third-order valence-electron chi connectivity index (χ3n) is 5.09. The molecule has 0 saturated carbocycles. The summed E-state index contributed by atoms with van der Waals surface area (Å²) in [7, 11) is 1.44. The number of hydrogen-bond donors (Lipinski definition) is 1. The number of benzene rings is 1. The minimum atomic E-state index is -0.435. The number of H-pyrrole nitrogens is 1. The first-order valence-corrected chi connectivity index (χ1v) is 8.90. The number of aromatic nitrogens is 3. The zero-order valence-corrected chi connectivity index (χ0v) is 15.1. The van der Waals surface area contributed by atoms with Crippen LogP contribution in [0.25, 0.3) is 10.9 Å². The highest BCUT2D eigenvalue weighted by molar-refractivity contribution is 5.83. The molecule has 0 aliphatic carbocycles. The number of carbonyl (C=O) groups is 1. The average Bonchev–Trinajstić information content (AvgIpc) is 3.09. The molecule has 1 fully saturated rings. The number of nitrogens with one attached hydrogen (secondary N) is 1. The number of aromatic amines is 1. The van der Waals surface area contributed by atoms with Crippen LogP contribution in [0.2, 0.25) is 0 Å². The number of hydrogen-bond acceptors (Lipinski definition) is 4. The number of carbonyl (C=O) groups excluding carboxylic acids is 1. The Morgan fingerprint density at radius 3 is 2.56 bits per heavy atom. The summed E-state index contributed by atoms with van der Waals surface area (Å²) in [5.74, 6) is 0.570. The van der Waals surface area contributed by atoms with Gasteiger partial charge in [-0.05, 0) is 17.5 Å². The number of piperazine rings is 1. The maximum atomic E-state index is 12.7. The van der Waals surface area contributed by atoms with Crippen molar-refractivity contribution in [2.75, 3.05) is 31.1 Å². The zero-order chi connectivity index (χ0) is 19.0. The Hall–Kier alpha value is -3.29. The molecule has 0 spiro atoms. The number of para-hydroxylation sites is 1. The molecule has 0 radical (unpaired) electrons. The number of fused-ring (bicyclic) bond motifs is 1. The van der Waals surface area contributed by atoms with Crippen molar-refractivity contribution in [3.05, 3.63) is 63.4 Å². The van der Waals surface area contributed by atoms with Crippen molar-refractivity contribution in [1.29, 1.82) is 0 Å². The first kappa shape index (κ1) is 17.1. The summed E-state index contributed by atoms with van der Waals surface area (Å²) in [6.45, 7) is 2.54. The highest BCUT2D eigenvalue weighted by atomic mass is 16.2. The van der Waals surface area contributed by atoms with Crippen LogP contribution >= 0.6 is 0 Å². The van der Waals surface area contributed by atoms with Gasteiger partial charge in [0.15, 0.2) is 0 Å². The van der Waals surface area contributed by atoms with Gasteiger partial charge in [-0.2, -0.15) is 0 Å². The predicted octanol–water partition coefficient (Wildman–Crippen LogP) is 0.377. The van der Waals surface area contributed by atoms with Gasteiger partial charge in [-0.3, -0.25) is 19.1 Å². The fourth-order valence-electron chi connectivity index (χ4n) is 3.43. The van der Waals surface area contributed by atoms with Crippen molar-refractivity contribution >= 4 is 22.6 Å². The van der Waals surface area contributed by atoms with Crippen LogP contribution < -0.4 is 16.1 Å². The van der Waals surface area contributed by atoms with Crippen LogP contribution in [0, 0.1) is 0 Å². The molecular weight excluding hydrogens is 346 g/mol. The molecule has 1 aliphatic rings. The third kappa shape index (κ3) is 3.25. The molecule has 8 heteroatoms. The Balaban J connectivity index is 1.42. The van der Waals surface area contributed by atoms with E-state index in [0.717, 1.165) is 15.5 Å². The standard InChI is InChI=1S/C19H21N5O3/c1-21-17(25)12-16(20-19(21)27)22-8-10-23(11-9-22)18(26)13-24-7-6-14-4-2-3-5-15(14)24/h2-7,12H,8-11,13H2,1H3,(H,20,27). The highest BCUT2D eigenvalue weighted by Gasteiger charge is 2.22. The maximum absolute atomic E-state index is 12.7. The van der Waals surface area contributed by atoms with E-state index < -0.39 is 5.69 Å². The van der Waals surface area contributed by atoms with Gasteiger partial charge in [-0.25, -0.2) is 4.79 Å². The Kier molecular flexibility index (Phi) is 4.31. The Morgan fingerprint density at radius 1 is 1.07 bits per heavy atom. The molecule has 3 aromatic rings. The summed E-state index contributed by atoms with van der Waals surface area (Å²) >= 11 is 0. The number of rotatable bonds is 3. The summed E-state index contributed by atoms with van der Waals surface area (Å²) in [6.07, 6.45) is 1.93. The first-order valence-electron chi connectivity index (χ1n) is 8.90. The van der Waals surface area contributed by atoms with Gasteiger partial charge >= 0.3 is 5.69 Å². The Labute approximate surface area is 155 Å². The molecule has 2 aromatic heterocycles. The monoisotopic (exact) mass is 367 g/mol. The van der Waals surface area contributed by atoms with Gasteiger partial charge < -0.3 is 14.4 Å². The van der Waals surface area contributed by atoms with Crippen LogP contribution in [0.1, 0.15) is 0 Å². The smallest absolute Gasteiger partial charge is 0.329 e. The number of nitrogens with zero attached hydrogens (tertiary/aromatic N) is 4. The average molecular weight is 367 g/mol. The van der Waals surface area contributed by atoms with Gasteiger partial charge in [0.2, 0.25) is 5.91 Å². The summed E-state index contributed by atoms with van der Waals surface area (Å²) in [5, 5.41) is 1.12. The molecule has 1 aliphatic heterocycles. The lowest BCUT2D eigenvalue weighted by Gasteiger charge is -2.35. The molecule has 27 heavy (non-hydrogen) atoms. The van der Waals surface area contributed by atoms with E-state index >= 15 is 0 Å². The summed E-state index contributed by atoms with van der Waals surface area (Å²) in [5.41, 5.74) is 0.268. The summed E-state index contributed by atoms with van der Waals surface area (Å²) in [4.78, 5) is 42.7. The van der Waals surface area contributed by atoms with Crippen LogP contribution in [0.4, 0.5) is 5.82 Å². The van der Waals surface area contributed by atoms with Crippen LogP contribution in [0.5, 0.6) is 0 Å². The minimum absolute atomic E-state index is 0.0634. The molecule has 1 N–H and O–H groups in total. The first-order chi connectivity index (χ1) is 13.0. The predicted molar refractivity (Wildman–Crippen MR) is 103 cm³/mol. The lowest BCUT2D eigenvalue weighted by Crippen LogP contribution is -2.50.